The number of nitrogens with one attached hydrogen (secondary N) is 1. The van der Waals surface area contributed by atoms with Crippen LogP contribution < -0.4 is 5.32 Å². The van der Waals surface area contributed by atoms with Crippen molar-refractivity contribution in [3.63, 3.8) is 0 Å². The molecule has 21 heavy (non-hydrogen) atoms. The van der Waals surface area contributed by atoms with Crippen molar-refractivity contribution >= 4 is 5.91 Å². The second-order valence-corrected chi connectivity index (χ2v) is 5.42. The quantitative estimate of drug-likeness (QED) is 0.899. The van der Waals surface area contributed by atoms with Crippen molar-refractivity contribution in [2.45, 2.75) is 38.4 Å². The van der Waals surface area contributed by atoms with Gasteiger partial charge in [0.1, 0.15) is 5.75 Å². The Labute approximate surface area is 121 Å². The summed E-state index contributed by atoms with van der Waals surface area (Å²) in [5.74, 6) is -2.96. The zero-order valence-electron chi connectivity index (χ0n) is 11.5. The Morgan fingerprint density at radius 3 is 2.43 bits per heavy atom. The molecule has 0 heterocycles. The molecule has 1 aromatic rings. The number of carbonyl (C=O) groups is 1. The second-order valence-electron chi connectivity index (χ2n) is 5.42. The summed E-state index contributed by atoms with van der Waals surface area (Å²) in [5.41, 5.74) is 0.737. The highest BCUT2D eigenvalue weighted by atomic mass is 19.4. The van der Waals surface area contributed by atoms with E-state index < -0.39 is 23.9 Å². The standard InChI is InChI=1S/C15H18F3NO2/c16-15(17,18)13-4-2-1-3-12(13)14(21)19-9-10-5-7-11(20)8-6-10/h5-8,12-13,20H,1-4,9H2,(H,19,21). The first-order chi connectivity index (χ1) is 9.88. The van der Waals surface area contributed by atoms with Gasteiger partial charge >= 0.3 is 6.18 Å². The van der Waals surface area contributed by atoms with Gasteiger partial charge in [0, 0.05) is 12.5 Å². The van der Waals surface area contributed by atoms with Gasteiger partial charge in [-0.1, -0.05) is 25.0 Å². The van der Waals surface area contributed by atoms with Crippen LogP contribution in [0.4, 0.5) is 13.2 Å². The van der Waals surface area contributed by atoms with Crippen molar-refractivity contribution in [3.8, 4) is 5.75 Å². The number of hydrogen-bond donors (Lipinski definition) is 2. The van der Waals surface area contributed by atoms with E-state index in [-0.39, 0.29) is 25.1 Å². The van der Waals surface area contributed by atoms with Crippen LogP contribution in [0.1, 0.15) is 31.2 Å². The maximum Gasteiger partial charge on any atom is 0.392 e. The molecule has 1 aromatic carbocycles. The van der Waals surface area contributed by atoms with Gasteiger partial charge in [-0.05, 0) is 30.5 Å². The maximum atomic E-state index is 13.0. The smallest absolute Gasteiger partial charge is 0.392 e. The van der Waals surface area contributed by atoms with E-state index in [1.165, 1.54) is 12.1 Å². The summed E-state index contributed by atoms with van der Waals surface area (Å²) in [6.45, 7) is 0.167. The van der Waals surface area contributed by atoms with Crippen LogP contribution in [0, 0.1) is 11.8 Å². The molecule has 1 saturated carbocycles. The average Bonchev–Trinajstić information content (AvgIpc) is 2.45. The van der Waals surface area contributed by atoms with Crippen molar-refractivity contribution < 1.29 is 23.1 Å². The molecule has 1 aliphatic rings. The van der Waals surface area contributed by atoms with Crippen molar-refractivity contribution in [3.05, 3.63) is 29.8 Å². The minimum Gasteiger partial charge on any atom is -0.508 e. The predicted molar refractivity (Wildman–Crippen MR) is 71.5 cm³/mol. The molecule has 116 valence electrons. The van der Waals surface area contributed by atoms with Crippen LogP contribution in [0.15, 0.2) is 24.3 Å². The van der Waals surface area contributed by atoms with Gasteiger partial charge in [0.05, 0.1) is 5.92 Å². The Bertz CT molecular complexity index is 485. The number of carbonyl (C=O) groups excluding carboxylic acids is 1. The lowest BCUT2D eigenvalue weighted by atomic mass is 9.78. The van der Waals surface area contributed by atoms with Gasteiger partial charge in [-0.15, -0.1) is 0 Å². The minimum absolute atomic E-state index is 0.0286. The molecule has 2 unspecified atom stereocenters. The predicted octanol–water partition coefficient (Wildman–Crippen LogP) is 3.38. The van der Waals surface area contributed by atoms with Gasteiger partial charge in [0.15, 0.2) is 0 Å². The fourth-order valence-corrected chi connectivity index (χ4v) is 2.77. The summed E-state index contributed by atoms with van der Waals surface area (Å²) in [5, 5.41) is 11.7. The number of hydrogen-bond acceptors (Lipinski definition) is 2. The Balaban J connectivity index is 1.96. The van der Waals surface area contributed by atoms with Crippen molar-refractivity contribution in [1.29, 1.82) is 0 Å². The Hall–Kier alpha value is -1.72. The zero-order valence-corrected chi connectivity index (χ0v) is 11.5. The third kappa shape index (κ3) is 4.12. The van der Waals surface area contributed by atoms with Crippen molar-refractivity contribution in [1.82, 2.24) is 5.32 Å². The zero-order chi connectivity index (χ0) is 15.5. The van der Waals surface area contributed by atoms with E-state index >= 15 is 0 Å². The summed E-state index contributed by atoms with van der Waals surface area (Å²) in [4.78, 5) is 12.0. The monoisotopic (exact) mass is 301 g/mol. The molecule has 0 saturated heterocycles. The molecule has 2 N–H and O–H groups in total. The van der Waals surface area contributed by atoms with E-state index in [4.69, 9.17) is 5.11 Å². The van der Waals surface area contributed by atoms with Gasteiger partial charge < -0.3 is 10.4 Å². The summed E-state index contributed by atoms with van der Waals surface area (Å²) >= 11 is 0. The largest absolute Gasteiger partial charge is 0.508 e. The van der Waals surface area contributed by atoms with Crippen LogP contribution in [0.2, 0.25) is 0 Å². The highest BCUT2D eigenvalue weighted by Crippen LogP contribution is 2.41. The molecule has 0 aliphatic heterocycles. The van der Waals surface area contributed by atoms with Crippen LogP contribution in [0.25, 0.3) is 0 Å². The Kier molecular flexibility index (Phi) is 4.75. The average molecular weight is 301 g/mol. The first kappa shape index (κ1) is 15.7. The number of rotatable bonds is 3. The number of aromatic hydroxyl groups is 1. The van der Waals surface area contributed by atoms with E-state index in [2.05, 4.69) is 5.32 Å². The number of halogens is 3. The Morgan fingerprint density at radius 1 is 1.19 bits per heavy atom. The second kappa shape index (κ2) is 6.37. The van der Waals surface area contributed by atoms with E-state index in [1.807, 2.05) is 0 Å². The lowest BCUT2D eigenvalue weighted by molar-refractivity contribution is -0.198. The Morgan fingerprint density at radius 2 is 1.81 bits per heavy atom. The maximum absolute atomic E-state index is 13.0. The van der Waals surface area contributed by atoms with E-state index in [1.54, 1.807) is 12.1 Å². The van der Waals surface area contributed by atoms with E-state index in [0.29, 0.717) is 12.8 Å². The number of alkyl halides is 3. The molecule has 0 radical (unpaired) electrons. The molecule has 0 spiro atoms. The fourth-order valence-electron chi connectivity index (χ4n) is 2.77. The molecule has 6 heteroatoms. The number of benzene rings is 1. The molecule has 1 fully saturated rings. The van der Waals surface area contributed by atoms with Crippen LogP contribution in [0.5, 0.6) is 5.75 Å². The van der Waals surface area contributed by atoms with Gasteiger partial charge in [0.2, 0.25) is 5.91 Å². The summed E-state index contributed by atoms with van der Waals surface area (Å²) in [6.07, 6.45) is -2.83. The van der Waals surface area contributed by atoms with Gasteiger partial charge in [-0.25, -0.2) is 0 Å². The molecular formula is C15H18F3NO2. The molecule has 1 amide bonds. The van der Waals surface area contributed by atoms with Crippen molar-refractivity contribution in [2.75, 3.05) is 0 Å². The van der Waals surface area contributed by atoms with Crippen LogP contribution in [0.3, 0.4) is 0 Å². The normalized spacial score (nSPS) is 22.8. The summed E-state index contributed by atoms with van der Waals surface area (Å²) in [7, 11) is 0. The van der Waals surface area contributed by atoms with Crippen LogP contribution in [-0.2, 0) is 11.3 Å². The lowest BCUT2D eigenvalue weighted by Gasteiger charge is -2.32. The molecule has 3 nitrogen and oxygen atoms in total. The topological polar surface area (TPSA) is 49.3 Å². The van der Waals surface area contributed by atoms with E-state index in [9.17, 15) is 18.0 Å². The first-order valence-electron chi connectivity index (χ1n) is 7.00. The third-order valence-electron chi connectivity index (χ3n) is 3.93. The molecule has 1 aliphatic carbocycles. The van der Waals surface area contributed by atoms with E-state index in [0.717, 1.165) is 5.56 Å². The molecule has 2 atom stereocenters. The number of amides is 1. The fraction of sp³-hybridized carbons (Fsp3) is 0.533. The number of phenols is 1. The van der Waals surface area contributed by atoms with Crippen molar-refractivity contribution in [2.24, 2.45) is 11.8 Å². The third-order valence-corrected chi connectivity index (χ3v) is 3.93. The summed E-state index contributed by atoms with van der Waals surface area (Å²) in [6, 6.07) is 6.19. The molecular weight excluding hydrogens is 283 g/mol. The van der Waals surface area contributed by atoms with Gasteiger partial charge in [-0.2, -0.15) is 13.2 Å². The highest BCUT2D eigenvalue weighted by Gasteiger charge is 2.47. The molecule has 2 rings (SSSR count). The molecule has 0 aromatic heterocycles. The minimum atomic E-state index is -4.32. The van der Waals surface area contributed by atoms with Crippen LogP contribution in [-0.4, -0.2) is 17.2 Å². The molecule has 0 bridgehead atoms. The highest BCUT2D eigenvalue weighted by molar-refractivity contribution is 5.79. The van der Waals surface area contributed by atoms with Crippen LogP contribution >= 0.6 is 0 Å². The SMILES string of the molecule is O=C(NCc1ccc(O)cc1)C1CCCCC1C(F)(F)F. The van der Waals surface area contributed by atoms with Gasteiger partial charge in [-0.3, -0.25) is 4.79 Å². The van der Waals surface area contributed by atoms with Gasteiger partial charge in [0.25, 0.3) is 0 Å². The number of phenolic OH excluding ortho intramolecular Hbond substituents is 1. The summed E-state index contributed by atoms with van der Waals surface area (Å²) < 4.78 is 38.9. The first-order valence-corrected chi connectivity index (χ1v) is 7.00. The lowest BCUT2D eigenvalue weighted by Crippen LogP contribution is -2.42.